The molecule has 0 aliphatic heterocycles. The lowest BCUT2D eigenvalue weighted by atomic mass is 9.68. The Morgan fingerprint density at radius 3 is 1.93 bits per heavy atom. The van der Waals surface area contributed by atoms with E-state index < -0.39 is 0 Å². The van der Waals surface area contributed by atoms with E-state index in [-0.39, 0.29) is 0 Å². The van der Waals surface area contributed by atoms with Crippen LogP contribution in [0.5, 0.6) is 0 Å². The Morgan fingerprint density at radius 1 is 0.741 bits per heavy atom. The fraction of sp³-hybridized carbons (Fsp3) is 0.808. The highest BCUT2D eigenvalue weighted by molar-refractivity contribution is 5.11. The van der Waals surface area contributed by atoms with Gasteiger partial charge in [0.1, 0.15) is 0 Å². The zero-order chi connectivity index (χ0) is 19.2. The minimum absolute atomic E-state index is 0.949. The van der Waals surface area contributed by atoms with E-state index in [9.17, 15) is 0 Å². The summed E-state index contributed by atoms with van der Waals surface area (Å²) in [4.78, 5) is 0. The highest BCUT2D eigenvalue weighted by atomic mass is 14.4. The molecule has 0 spiro atoms. The second-order valence-electron chi connectivity index (χ2n) is 9.26. The molecule has 1 heteroatoms. The SMILES string of the molecule is CCCCCCC[C@H]1CC[C@H](C2CCC(CCC=CC=CC#N)CC2)CC1. The molecule has 0 bridgehead atoms. The quantitative estimate of drug-likeness (QED) is 0.204. The first kappa shape index (κ1) is 22.3. The van der Waals surface area contributed by atoms with Crippen LogP contribution in [0.25, 0.3) is 0 Å². The van der Waals surface area contributed by atoms with Gasteiger partial charge in [-0.25, -0.2) is 0 Å². The molecule has 2 aliphatic rings. The van der Waals surface area contributed by atoms with Gasteiger partial charge in [-0.2, -0.15) is 5.26 Å². The van der Waals surface area contributed by atoms with E-state index in [1.165, 1.54) is 103 Å². The lowest BCUT2D eigenvalue weighted by molar-refractivity contribution is 0.140. The summed E-state index contributed by atoms with van der Waals surface area (Å²) in [5, 5.41) is 8.47. The van der Waals surface area contributed by atoms with Crippen molar-refractivity contribution in [1.82, 2.24) is 0 Å². The molecule has 0 unspecified atom stereocenters. The van der Waals surface area contributed by atoms with Crippen LogP contribution in [-0.4, -0.2) is 0 Å². The van der Waals surface area contributed by atoms with Gasteiger partial charge in [-0.05, 0) is 62.2 Å². The fourth-order valence-corrected chi connectivity index (χ4v) is 5.54. The van der Waals surface area contributed by atoms with Crippen molar-refractivity contribution in [2.45, 2.75) is 110 Å². The number of nitriles is 1. The van der Waals surface area contributed by atoms with Gasteiger partial charge in [0, 0.05) is 6.08 Å². The number of hydrogen-bond acceptors (Lipinski definition) is 1. The van der Waals surface area contributed by atoms with Crippen molar-refractivity contribution in [1.29, 1.82) is 5.26 Å². The third-order valence-corrected chi connectivity index (χ3v) is 7.32. The summed E-state index contributed by atoms with van der Waals surface area (Å²) < 4.78 is 0. The molecule has 0 heterocycles. The Kier molecular flexibility index (Phi) is 11.6. The molecule has 0 amide bonds. The lowest BCUT2D eigenvalue weighted by Gasteiger charge is -2.38. The Hall–Kier alpha value is -1.03. The Balaban J connectivity index is 1.53. The van der Waals surface area contributed by atoms with Crippen LogP contribution in [0.1, 0.15) is 110 Å². The maximum atomic E-state index is 8.47. The Labute approximate surface area is 169 Å². The highest BCUT2D eigenvalue weighted by Gasteiger charge is 2.30. The van der Waals surface area contributed by atoms with Crippen LogP contribution in [0.3, 0.4) is 0 Å². The van der Waals surface area contributed by atoms with E-state index in [4.69, 9.17) is 5.26 Å². The van der Waals surface area contributed by atoms with Crippen molar-refractivity contribution >= 4 is 0 Å². The van der Waals surface area contributed by atoms with E-state index in [1.54, 1.807) is 6.08 Å². The number of nitrogens with zero attached hydrogens (tertiary/aromatic N) is 1. The third-order valence-electron chi connectivity index (χ3n) is 7.32. The van der Waals surface area contributed by atoms with Crippen LogP contribution in [0.2, 0.25) is 0 Å². The first-order chi connectivity index (χ1) is 13.3. The molecule has 0 saturated heterocycles. The summed E-state index contributed by atoms with van der Waals surface area (Å²) in [7, 11) is 0. The largest absolute Gasteiger partial charge is 0.193 e. The maximum absolute atomic E-state index is 8.47. The van der Waals surface area contributed by atoms with E-state index >= 15 is 0 Å². The summed E-state index contributed by atoms with van der Waals surface area (Å²) in [5.41, 5.74) is 0. The average molecular weight is 370 g/mol. The standard InChI is InChI=1S/C26H43N/c1-2-3-4-6-9-12-23-14-18-25(19-15-23)26-20-16-24(17-21-26)13-10-7-5-8-11-22-27/h5,7-8,11,23-26H,2-4,6,9-10,12-21H2,1H3/t23-,24?,25-,26?. The van der Waals surface area contributed by atoms with E-state index in [2.05, 4.69) is 13.0 Å². The molecule has 0 radical (unpaired) electrons. The molecular weight excluding hydrogens is 326 g/mol. The number of hydrogen-bond donors (Lipinski definition) is 0. The molecule has 1 nitrogen and oxygen atoms in total. The van der Waals surface area contributed by atoms with Crippen molar-refractivity contribution in [3.8, 4) is 6.07 Å². The molecule has 2 rings (SSSR count). The van der Waals surface area contributed by atoms with Gasteiger partial charge < -0.3 is 0 Å². The molecular formula is C26H43N. The van der Waals surface area contributed by atoms with Gasteiger partial charge in [0.2, 0.25) is 0 Å². The van der Waals surface area contributed by atoms with E-state index in [0.29, 0.717) is 0 Å². The average Bonchev–Trinajstić information content (AvgIpc) is 2.71. The first-order valence-electron chi connectivity index (χ1n) is 12.0. The van der Waals surface area contributed by atoms with Crippen LogP contribution < -0.4 is 0 Å². The summed E-state index contributed by atoms with van der Waals surface area (Å²) in [6, 6.07) is 2.03. The van der Waals surface area contributed by atoms with Crippen molar-refractivity contribution in [2.24, 2.45) is 23.7 Å². The number of allylic oxidation sites excluding steroid dienone is 4. The van der Waals surface area contributed by atoms with Gasteiger partial charge in [0.15, 0.2) is 0 Å². The maximum Gasteiger partial charge on any atom is 0.0912 e. The van der Waals surface area contributed by atoms with Crippen LogP contribution >= 0.6 is 0 Å². The predicted octanol–water partition coefficient (Wildman–Crippen LogP) is 8.38. The lowest BCUT2D eigenvalue weighted by Crippen LogP contribution is -2.25. The number of unbranched alkanes of at least 4 members (excludes halogenated alkanes) is 4. The molecule has 2 saturated carbocycles. The molecule has 0 aromatic carbocycles. The molecule has 0 aromatic heterocycles. The highest BCUT2D eigenvalue weighted by Crippen LogP contribution is 2.43. The van der Waals surface area contributed by atoms with Crippen LogP contribution in [-0.2, 0) is 0 Å². The molecule has 0 atom stereocenters. The molecule has 152 valence electrons. The number of rotatable bonds is 11. The second-order valence-corrected chi connectivity index (χ2v) is 9.26. The Bertz CT molecular complexity index is 453. The molecule has 2 aliphatic carbocycles. The second kappa shape index (κ2) is 14.0. The van der Waals surface area contributed by atoms with Crippen LogP contribution in [0, 0.1) is 35.0 Å². The predicted molar refractivity (Wildman–Crippen MR) is 117 cm³/mol. The molecule has 2 fully saturated rings. The zero-order valence-corrected chi connectivity index (χ0v) is 17.9. The van der Waals surface area contributed by atoms with Crippen molar-refractivity contribution < 1.29 is 0 Å². The van der Waals surface area contributed by atoms with Gasteiger partial charge >= 0.3 is 0 Å². The van der Waals surface area contributed by atoms with Gasteiger partial charge in [0.25, 0.3) is 0 Å². The van der Waals surface area contributed by atoms with Gasteiger partial charge in [-0.1, -0.05) is 89.4 Å². The van der Waals surface area contributed by atoms with E-state index in [1.807, 2.05) is 18.2 Å². The van der Waals surface area contributed by atoms with E-state index in [0.717, 1.165) is 23.7 Å². The van der Waals surface area contributed by atoms with Crippen molar-refractivity contribution in [2.75, 3.05) is 0 Å². The summed E-state index contributed by atoms with van der Waals surface area (Å²) >= 11 is 0. The summed E-state index contributed by atoms with van der Waals surface area (Å²) in [6.45, 7) is 2.31. The van der Waals surface area contributed by atoms with Gasteiger partial charge in [-0.3, -0.25) is 0 Å². The van der Waals surface area contributed by atoms with Gasteiger partial charge in [0.05, 0.1) is 6.07 Å². The Morgan fingerprint density at radius 2 is 1.33 bits per heavy atom. The normalized spacial score (nSPS) is 29.3. The summed E-state index contributed by atoms with van der Waals surface area (Å²) in [6.07, 6.45) is 30.9. The zero-order valence-electron chi connectivity index (χ0n) is 17.9. The van der Waals surface area contributed by atoms with Crippen LogP contribution in [0.4, 0.5) is 0 Å². The van der Waals surface area contributed by atoms with Crippen molar-refractivity contribution in [3.05, 3.63) is 24.3 Å². The topological polar surface area (TPSA) is 23.8 Å². The fourth-order valence-electron chi connectivity index (χ4n) is 5.54. The monoisotopic (exact) mass is 369 g/mol. The van der Waals surface area contributed by atoms with Crippen molar-refractivity contribution in [3.63, 3.8) is 0 Å². The molecule has 27 heavy (non-hydrogen) atoms. The van der Waals surface area contributed by atoms with Gasteiger partial charge in [-0.15, -0.1) is 0 Å². The minimum Gasteiger partial charge on any atom is -0.193 e. The first-order valence-corrected chi connectivity index (χ1v) is 12.0. The third kappa shape index (κ3) is 9.14. The minimum atomic E-state index is 0.949. The molecule has 0 N–H and O–H groups in total. The summed E-state index contributed by atoms with van der Waals surface area (Å²) in [5.74, 6) is 4.10. The molecule has 0 aromatic rings. The van der Waals surface area contributed by atoms with Crippen LogP contribution in [0.15, 0.2) is 24.3 Å². The smallest absolute Gasteiger partial charge is 0.0912 e.